The summed E-state index contributed by atoms with van der Waals surface area (Å²) in [4.78, 5) is 27.7. The first-order valence-electron chi connectivity index (χ1n) is 10.3. The number of imide groups is 1. The summed E-state index contributed by atoms with van der Waals surface area (Å²) in [6, 6.07) is 24.7. The van der Waals surface area contributed by atoms with Crippen LogP contribution < -0.4 is 0 Å². The van der Waals surface area contributed by atoms with Crippen LogP contribution in [0.2, 0.25) is 0 Å². The third kappa shape index (κ3) is 4.41. The van der Waals surface area contributed by atoms with Crippen LogP contribution in [0, 0.1) is 6.92 Å². The van der Waals surface area contributed by atoms with E-state index in [4.69, 9.17) is 0 Å². The normalized spacial score (nSPS) is 18.2. The Hall–Kier alpha value is -3.51. The van der Waals surface area contributed by atoms with E-state index in [-0.39, 0.29) is 17.9 Å². The number of benzene rings is 3. The Kier molecular flexibility index (Phi) is 6.06. The largest absolute Gasteiger partial charge is 0.273 e. The molecule has 1 aliphatic rings. The molecule has 0 bridgehead atoms. The first-order chi connectivity index (χ1) is 15.4. The van der Waals surface area contributed by atoms with Crippen molar-refractivity contribution in [2.75, 3.05) is 0 Å². The van der Waals surface area contributed by atoms with E-state index in [0.29, 0.717) is 5.57 Å². The Morgan fingerprint density at radius 2 is 1.47 bits per heavy atom. The lowest BCUT2D eigenvalue weighted by Crippen LogP contribution is -2.51. The van der Waals surface area contributed by atoms with Crippen molar-refractivity contribution in [2.45, 2.75) is 30.0 Å². The van der Waals surface area contributed by atoms with Crippen LogP contribution >= 0.6 is 0 Å². The highest BCUT2D eigenvalue weighted by Crippen LogP contribution is 2.30. The summed E-state index contributed by atoms with van der Waals surface area (Å²) in [6.45, 7) is 1.88. The second kappa shape index (κ2) is 8.93. The molecule has 1 atom stereocenters. The van der Waals surface area contributed by atoms with Crippen molar-refractivity contribution >= 4 is 27.7 Å². The third-order valence-corrected chi connectivity index (χ3v) is 7.56. The van der Waals surface area contributed by atoms with Gasteiger partial charge in [-0.05, 0) is 36.3 Å². The second-order valence-electron chi connectivity index (χ2n) is 7.85. The minimum Gasteiger partial charge on any atom is -0.273 e. The summed E-state index contributed by atoms with van der Waals surface area (Å²) in [5.74, 6) is -1.15. The molecule has 0 spiro atoms. The van der Waals surface area contributed by atoms with E-state index in [1.165, 1.54) is 12.1 Å². The number of nitrogens with zero attached hydrogens (tertiary/aromatic N) is 1. The van der Waals surface area contributed by atoms with Crippen LogP contribution in [0.25, 0.3) is 6.08 Å². The SMILES string of the molecule is Cc1ccc(S(=O)(=O)C2C/C(=C\c3ccccc3)C(=O)N(Cc3ccccc3)C2=O)cc1. The van der Waals surface area contributed by atoms with Crippen molar-refractivity contribution in [2.24, 2.45) is 0 Å². The molecule has 1 aliphatic heterocycles. The van der Waals surface area contributed by atoms with Gasteiger partial charge in [0.2, 0.25) is 5.91 Å². The minimum absolute atomic E-state index is 0.0184. The number of likely N-dealkylation sites (tertiary alicyclic amines) is 1. The van der Waals surface area contributed by atoms with Gasteiger partial charge in [0.1, 0.15) is 5.25 Å². The van der Waals surface area contributed by atoms with Crippen LogP contribution in [0.15, 0.2) is 95.4 Å². The molecule has 0 aliphatic carbocycles. The highest BCUT2D eigenvalue weighted by atomic mass is 32.2. The molecule has 0 aromatic heterocycles. The molecule has 1 heterocycles. The molecule has 1 unspecified atom stereocenters. The van der Waals surface area contributed by atoms with Gasteiger partial charge in [0, 0.05) is 12.0 Å². The number of carbonyl (C=O) groups excluding carboxylic acids is 2. The van der Waals surface area contributed by atoms with E-state index in [1.54, 1.807) is 30.3 Å². The molecule has 162 valence electrons. The molecular weight excluding hydrogens is 422 g/mol. The number of carbonyl (C=O) groups is 2. The van der Waals surface area contributed by atoms with Gasteiger partial charge in [-0.1, -0.05) is 78.4 Å². The number of sulfone groups is 1. The average Bonchev–Trinajstić information content (AvgIpc) is 2.80. The predicted octanol–water partition coefficient (Wildman–Crippen LogP) is 4.18. The molecule has 5 nitrogen and oxygen atoms in total. The summed E-state index contributed by atoms with van der Waals surface area (Å²) in [5.41, 5.74) is 2.75. The third-order valence-electron chi connectivity index (χ3n) is 5.51. The zero-order valence-corrected chi connectivity index (χ0v) is 18.5. The monoisotopic (exact) mass is 445 g/mol. The maximum absolute atomic E-state index is 13.4. The van der Waals surface area contributed by atoms with Gasteiger partial charge in [0.25, 0.3) is 5.91 Å². The van der Waals surface area contributed by atoms with Gasteiger partial charge >= 0.3 is 0 Å². The topological polar surface area (TPSA) is 71.5 Å². The summed E-state index contributed by atoms with van der Waals surface area (Å²) >= 11 is 0. The van der Waals surface area contributed by atoms with Crippen LogP contribution in [0.1, 0.15) is 23.1 Å². The zero-order chi connectivity index (χ0) is 22.7. The first-order valence-corrected chi connectivity index (χ1v) is 11.9. The lowest BCUT2D eigenvalue weighted by Gasteiger charge is -2.32. The second-order valence-corrected chi connectivity index (χ2v) is 9.98. The summed E-state index contributed by atoms with van der Waals surface area (Å²) < 4.78 is 26.9. The van der Waals surface area contributed by atoms with Crippen molar-refractivity contribution in [3.05, 3.63) is 107 Å². The molecule has 0 saturated carbocycles. The number of amides is 2. The van der Waals surface area contributed by atoms with Gasteiger partial charge < -0.3 is 0 Å². The van der Waals surface area contributed by atoms with Gasteiger partial charge in [-0.3, -0.25) is 14.5 Å². The van der Waals surface area contributed by atoms with Crippen LogP contribution in [0.5, 0.6) is 0 Å². The fourth-order valence-electron chi connectivity index (χ4n) is 3.74. The van der Waals surface area contributed by atoms with E-state index in [0.717, 1.165) is 21.6 Å². The van der Waals surface area contributed by atoms with Crippen molar-refractivity contribution in [3.8, 4) is 0 Å². The quantitative estimate of drug-likeness (QED) is 0.436. The number of hydrogen-bond donors (Lipinski definition) is 0. The van der Waals surface area contributed by atoms with Gasteiger partial charge in [-0.2, -0.15) is 0 Å². The smallest absolute Gasteiger partial charge is 0.256 e. The molecular formula is C26H23NO4S. The predicted molar refractivity (Wildman–Crippen MR) is 123 cm³/mol. The van der Waals surface area contributed by atoms with Crippen LogP contribution in [0.4, 0.5) is 0 Å². The van der Waals surface area contributed by atoms with Crippen molar-refractivity contribution < 1.29 is 18.0 Å². The summed E-state index contributed by atoms with van der Waals surface area (Å²) in [7, 11) is -3.99. The van der Waals surface area contributed by atoms with Crippen molar-refractivity contribution in [3.63, 3.8) is 0 Å². The molecule has 3 aromatic carbocycles. The highest BCUT2D eigenvalue weighted by Gasteiger charge is 2.45. The fraction of sp³-hybridized carbons (Fsp3) is 0.154. The molecule has 4 rings (SSSR count). The molecule has 0 radical (unpaired) electrons. The Bertz CT molecular complexity index is 1260. The Morgan fingerprint density at radius 3 is 2.09 bits per heavy atom. The van der Waals surface area contributed by atoms with Gasteiger partial charge in [-0.15, -0.1) is 0 Å². The molecule has 2 amide bonds. The molecule has 3 aromatic rings. The summed E-state index contributed by atoms with van der Waals surface area (Å²) in [5, 5.41) is -1.36. The first kappa shape index (κ1) is 21.7. The Balaban J connectivity index is 1.77. The maximum atomic E-state index is 13.4. The number of rotatable bonds is 5. The molecule has 6 heteroatoms. The standard InChI is InChI=1S/C26H23NO4S/c1-19-12-14-23(15-13-19)32(30,31)24-17-22(16-20-8-4-2-5-9-20)25(28)27(26(24)29)18-21-10-6-3-7-11-21/h2-16,24H,17-18H2,1H3/b22-16+. The highest BCUT2D eigenvalue weighted by molar-refractivity contribution is 7.92. The van der Waals surface area contributed by atoms with Crippen molar-refractivity contribution in [1.82, 2.24) is 4.90 Å². The van der Waals surface area contributed by atoms with Gasteiger partial charge in [0.05, 0.1) is 11.4 Å². The number of aryl methyl sites for hydroxylation is 1. The Labute approximate surface area is 187 Å². The fourth-order valence-corrected chi connectivity index (χ4v) is 5.38. The lowest BCUT2D eigenvalue weighted by atomic mass is 9.99. The van der Waals surface area contributed by atoms with Crippen LogP contribution in [-0.2, 0) is 26.0 Å². The Morgan fingerprint density at radius 1 is 0.875 bits per heavy atom. The van der Waals surface area contributed by atoms with Crippen LogP contribution in [-0.4, -0.2) is 30.4 Å². The average molecular weight is 446 g/mol. The molecule has 1 fully saturated rings. The van der Waals surface area contributed by atoms with Crippen LogP contribution in [0.3, 0.4) is 0 Å². The number of piperidine rings is 1. The number of hydrogen-bond acceptors (Lipinski definition) is 4. The van der Waals surface area contributed by atoms with E-state index in [1.807, 2.05) is 55.5 Å². The molecule has 0 N–H and O–H groups in total. The maximum Gasteiger partial charge on any atom is 0.256 e. The molecule has 1 saturated heterocycles. The minimum atomic E-state index is -3.99. The summed E-state index contributed by atoms with van der Waals surface area (Å²) in [6.07, 6.45) is 1.51. The van der Waals surface area contributed by atoms with Gasteiger partial charge in [0.15, 0.2) is 9.84 Å². The van der Waals surface area contributed by atoms with Gasteiger partial charge in [-0.25, -0.2) is 8.42 Å². The van der Waals surface area contributed by atoms with E-state index in [9.17, 15) is 18.0 Å². The lowest BCUT2D eigenvalue weighted by molar-refractivity contribution is -0.145. The van der Waals surface area contributed by atoms with E-state index < -0.39 is 26.9 Å². The molecule has 32 heavy (non-hydrogen) atoms. The van der Waals surface area contributed by atoms with E-state index in [2.05, 4.69) is 0 Å². The van der Waals surface area contributed by atoms with Crippen molar-refractivity contribution in [1.29, 1.82) is 0 Å². The zero-order valence-electron chi connectivity index (χ0n) is 17.6. The van der Waals surface area contributed by atoms with E-state index >= 15 is 0 Å².